The molecule has 2 N–H and O–H groups in total. The van der Waals surface area contributed by atoms with E-state index in [4.69, 9.17) is 0 Å². The van der Waals surface area contributed by atoms with Crippen molar-refractivity contribution < 1.29 is 4.79 Å². The molecule has 1 aliphatic heterocycles. The largest absolute Gasteiger partial charge is 0.324 e. The Hall–Kier alpha value is -1.39. The zero-order chi connectivity index (χ0) is 11.0. The van der Waals surface area contributed by atoms with Crippen molar-refractivity contribution in [2.24, 2.45) is 5.92 Å². The van der Waals surface area contributed by atoms with Crippen molar-refractivity contribution >= 4 is 33.0 Å². The van der Waals surface area contributed by atoms with E-state index in [0.29, 0.717) is 0 Å². The molecule has 4 heteroatoms. The molecule has 1 amide bonds. The van der Waals surface area contributed by atoms with Gasteiger partial charge in [0.05, 0.1) is 11.6 Å². The van der Waals surface area contributed by atoms with Crippen LogP contribution in [-0.2, 0) is 4.79 Å². The van der Waals surface area contributed by atoms with E-state index in [1.165, 1.54) is 4.70 Å². The van der Waals surface area contributed by atoms with Crippen LogP contribution in [0.25, 0.3) is 10.1 Å². The lowest BCUT2D eigenvalue weighted by molar-refractivity contribution is -0.121. The Morgan fingerprint density at radius 3 is 2.94 bits per heavy atom. The quantitative estimate of drug-likeness (QED) is 0.832. The van der Waals surface area contributed by atoms with Gasteiger partial charge >= 0.3 is 0 Å². The number of rotatable bonds is 2. The van der Waals surface area contributed by atoms with Crippen molar-refractivity contribution in [3.8, 4) is 0 Å². The summed E-state index contributed by atoms with van der Waals surface area (Å²) in [5.41, 5.74) is 0.942. The minimum absolute atomic E-state index is 0.127. The van der Waals surface area contributed by atoms with Crippen molar-refractivity contribution in [3.05, 3.63) is 29.6 Å². The molecule has 0 spiro atoms. The van der Waals surface area contributed by atoms with Gasteiger partial charge in [-0.1, -0.05) is 18.2 Å². The molecule has 2 aromatic rings. The minimum atomic E-state index is 0.127. The molecule has 1 aromatic carbocycles. The van der Waals surface area contributed by atoms with Gasteiger partial charge in [0.2, 0.25) is 5.91 Å². The van der Waals surface area contributed by atoms with Crippen molar-refractivity contribution in [2.75, 3.05) is 18.4 Å². The second kappa shape index (κ2) is 3.88. The number of carbonyl (C=O) groups is 1. The van der Waals surface area contributed by atoms with Crippen molar-refractivity contribution in [1.82, 2.24) is 5.32 Å². The second-order valence-corrected chi connectivity index (χ2v) is 4.90. The molecule has 1 aromatic heterocycles. The highest BCUT2D eigenvalue weighted by atomic mass is 32.1. The molecule has 0 radical (unpaired) electrons. The molecule has 0 aliphatic carbocycles. The van der Waals surface area contributed by atoms with Crippen LogP contribution in [0, 0.1) is 5.92 Å². The monoisotopic (exact) mass is 232 g/mol. The van der Waals surface area contributed by atoms with E-state index in [1.807, 2.05) is 23.6 Å². The summed E-state index contributed by atoms with van der Waals surface area (Å²) in [5.74, 6) is 0.265. The summed E-state index contributed by atoms with van der Waals surface area (Å²) in [6.45, 7) is 1.60. The molecule has 3 rings (SSSR count). The lowest BCUT2D eigenvalue weighted by Crippen LogP contribution is -2.48. The van der Waals surface area contributed by atoms with Gasteiger partial charge in [0.1, 0.15) is 0 Å². The first-order chi connectivity index (χ1) is 7.84. The molecular weight excluding hydrogens is 220 g/mol. The molecule has 1 aliphatic rings. The van der Waals surface area contributed by atoms with Crippen LogP contribution in [0.1, 0.15) is 0 Å². The molecule has 16 heavy (non-hydrogen) atoms. The third-order valence-corrected chi connectivity index (χ3v) is 3.85. The van der Waals surface area contributed by atoms with Crippen molar-refractivity contribution in [2.45, 2.75) is 0 Å². The van der Waals surface area contributed by atoms with E-state index >= 15 is 0 Å². The molecular formula is C12H12N2OS. The first kappa shape index (κ1) is 9.81. The fraction of sp³-hybridized carbons (Fsp3) is 0.250. The third kappa shape index (κ3) is 1.60. The van der Waals surface area contributed by atoms with Crippen LogP contribution >= 0.6 is 11.3 Å². The van der Waals surface area contributed by atoms with E-state index in [0.717, 1.165) is 24.2 Å². The van der Waals surface area contributed by atoms with Gasteiger partial charge in [-0.2, -0.15) is 0 Å². The lowest BCUT2D eigenvalue weighted by atomic mass is 10.0. The van der Waals surface area contributed by atoms with Crippen LogP contribution in [0.5, 0.6) is 0 Å². The highest BCUT2D eigenvalue weighted by molar-refractivity contribution is 7.17. The normalized spacial score (nSPS) is 16.0. The summed E-state index contributed by atoms with van der Waals surface area (Å²) in [6, 6.07) is 8.12. The van der Waals surface area contributed by atoms with E-state index in [2.05, 4.69) is 16.7 Å². The Morgan fingerprint density at radius 2 is 2.19 bits per heavy atom. The number of fused-ring (bicyclic) bond motifs is 1. The predicted molar refractivity (Wildman–Crippen MR) is 66.8 cm³/mol. The van der Waals surface area contributed by atoms with E-state index in [9.17, 15) is 4.79 Å². The van der Waals surface area contributed by atoms with Crippen LogP contribution in [-0.4, -0.2) is 19.0 Å². The number of anilines is 1. The maximum atomic E-state index is 11.8. The number of nitrogens with one attached hydrogen (secondary N) is 2. The van der Waals surface area contributed by atoms with Crippen molar-refractivity contribution in [3.63, 3.8) is 0 Å². The number of hydrogen-bond acceptors (Lipinski definition) is 3. The molecule has 1 saturated heterocycles. The van der Waals surface area contributed by atoms with Crippen LogP contribution in [0.2, 0.25) is 0 Å². The Bertz CT molecular complexity index is 531. The summed E-state index contributed by atoms with van der Waals surface area (Å²) >= 11 is 1.66. The van der Waals surface area contributed by atoms with Gasteiger partial charge in [-0.3, -0.25) is 4.79 Å². The van der Waals surface area contributed by atoms with Crippen LogP contribution < -0.4 is 10.6 Å². The average Bonchev–Trinajstić information content (AvgIpc) is 2.59. The maximum absolute atomic E-state index is 11.8. The molecule has 0 unspecified atom stereocenters. The van der Waals surface area contributed by atoms with Crippen LogP contribution in [0.3, 0.4) is 0 Å². The molecule has 2 heterocycles. The fourth-order valence-corrected chi connectivity index (χ4v) is 2.68. The first-order valence-corrected chi connectivity index (χ1v) is 6.20. The molecule has 3 nitrogen and oxygen atoms in total. The summed E-state index contributed by atoms with van der Waals surface area (Å²) in [5, 5.41) is 9.24. The summed E-state index contributed by atoms with van der Waals surface area (Å²) in [6.07, 6.45) is 0. The number of thiophene rings is 1. The molecule has 0 saturated carbocycles. The minimum Gasteiger partial charge on any atom is -0.324 e. The molecule has 0 bridgehead atoms. The van der Waals surface area contributed by atoms with Gasteiger partial charge < -0.3 is 10.6 Å². The topological polar surface area (TPSA) is 41.1 Å². The molecule has 1 fully saturated rings. The zero-order valence-corrected chi connectivity index (χ0v) is 9.51. The smallest absolute Gasteiger partial charge is 0.230 e. The fourth-order valence-electron chi connectivity index (χ4n) is 1.78. The SMILES string of the molecule is O=C(Nc1csc2ccccc12)C1CNC1. The van der Waals surface area contributed by atoms with Crippen LogP contribution in [0.4, 0.5) is 5.69 Å². The summed E-state index contributed by atoms with van der Waals surface area (Å²) in [4.78, 5) is 11.8. The standard InChI is InChI=1S/C12H12N2OS/c15-12(8-5-13-6-8)14-10-7-16-11-4-2-1-3-9(10)11/h1-4,7-8,13H,5-6H2,(H,14,15). The highest BCUT2D eigenvalue weighted by Crippen LogP contribution is 2.30. The van der Waals surface area contributed by atoms with Gasteiger partial charge in [-0.05, 0) is 6.07 Å². The Morgan fingerprint density at radius 1 is 1.38 bits per heavy atom. The highest BCUT2D eigenvalue weighted by Gasteiger charge is 2.25. The van der Waals surface area contributed by atoms with E-state index < -0.39 is 0 Å². The number of benzene rings is 1. The lowest BCUT2D eigenvalue weighted by Gasteiger charge is -2.25. The number of hydrogen-bond donors (Lipinski definition) is 2. The molecule has 82 valence electrons. The van der Waals surface area contributed by atoms with Gasteiger partial charge in [-0.25, -0.2) is 0 Å². The summed E-state index contributed by atoms with van der Waals surface area (Å²) in [7, 11) is 0. The number of carbonyl (C=O) groups excluding carboxylic acids is 1. The Kier molecular flexibility index (Phi) is 2.38. The number of amides is 1. The van der Waals surface area contributed by atoms with E-state index in [-0.39, 0.29) is 11.8 Å². The average molecular weight is 232 g/mol. The van der Waals surface area contributed by atoms with Crippen LogP contribution in [0.15, 0.2) is 29.6 Å². The van der Waals surface area contributed by atoms with Gasteiger partial charge in [0.25, 0.3) is 0 Å². The maximum Gasteiger partial charge on any atom is 0.230 e. The zero-order valence-electron chi connectivity index (χ0n) is 8.69. The second-order valence-electron chi connectivity index (χ2n) is 3.99. The van der Waals surface area contributed by atoms with E-state index in [1.54, 1.807) is 11.3 Å². The molecule has 0 atom stereocenters. The Balaban J connectivity index is 1.86. The van der Waals surface area contributed by atoms with Gasteiger partial charge in [0, 0.05) is 28.6 Å². The first-order valence-electron chi connectivity index (χ1n) is 5.32. The summed E-state index contributed by atoms with van der Waals surface area (Å²) < 4.78 is 1.21. The predicted octanol–water partition coefficient (Wildman–Crippen LogP) is 2.06. The van der Waals surface area contributed by atoms with Crippen molar-refractivity contribution in [1.29, 1.82) is 0 Å². The third-order valence-electron chi connectivity index (χ3n) is 2.89. The van der Waals surface area contributed by atoms with Gasteiger partial charge in [-0.15, -0.1) is 11.3 Å². The van der Waals surface area contributed by atoms with Gasteiger partial charge in [0.15, 0.2) is 0 Å². The Labute approximate surface area is 97.5 Å².